The van der Waals surface area contributed by atoms with E-state index in [4.69, 9.17) is 16.3 Å². The van der Waals surface area contributed by atoms with Gasteiger partial charge >= 0.3 is 0 Å². The highest BCUT2D eigenvalue weighted by atomic mass is 35.5. The minimum atomic E-state index is -1.12. The van der Waals surface area contributed by atoms with Crippen LogP contribution in [0.4, 0.5) is 5.00 Å². The lowest BCUT2D eigenvalue weighted by Gasteiger charge is -2.26. The van der Waals surface area contributed by atoms with E-state index in [1.165, 1.54) is 16.9 Å². The number of ether oxygens (including phenoxy) is 1. The van der Waals surface area contributed by atoms with Crippen molar-refractivity contribution in [2.75, 3.05) is 11.9 Å². The summed E-state index contributed by atoms with van der Waals surface area (Å²) in [7, 11) is 0. The smallest absolute Gasteiger partial charge is 0.268 e. The zero-order chi connectivity index (χ0) is 22.7. The van der Waals surface area contributed by atoms with E-state index in [2.05, 4.69) is 28.4 Å². The Morgan fingerprint density at radius 1 is 1.22 bits per heavy atom. The molecule has 2 heterocycles. The molecule has 0 bridgehead atoms. The third-order valence-corrected chi connectivity index (χ3v) is 6.84. The van der Waals surface area contributed by atoms with Gasteiger partial charge in [0.2, 0.25) is 0 Å². The fraction of sp³-hybridized carbons (Fsp3) is 0.280. The number of hydrogen-bond acceptors (Lipinski definition) is 5. The van der Waals surface area contributed by atoms with Crippen LogP contribution in [-0.4, -0.2) is 23.0 Å². The molecule has 0 atom stereocenters. The van der Waals surface area contributed by atoms with Gasteiger partial charge in [0.05, 0.1) is 5.56 Å². The molecule has 1 aliphatic heterocycles. The maximum atomic E-state index is 13.0. The minimum absolute atomic E-state index is 0.302. The van der Waals surface area contributed by atoms with Crippen molar-refractivity contribution in [2.24, 2.45) is 0 Å². The van der Waals surface area contributed by atoms with Crippen LogP contribution in [0.2, 0.25) is 5.02 Å². The van der Waals surface area contributed by atoms with E-state index >= 15 is 0 Å². The van der Waals surface area contributed by atoms with Gasteiger partial charge in [0.1, 0.15) is 16.8 Å². The molecule has 0 unspecified atom stereocenters. The lowest BCUT2D eigenvalue weighted by Crippen LogP contribution is -2.42. The molecule has 0 fully saturated rings. The number of amides is 1. The van der Waals surface area contributed by atoms with E-state index < -0.39 is 5.60 Å². The maximum Gasteiger partial charge on any atom is 0.268 e. The van der Waals surface area contributed by atoms with E-state index in [9.17, 15) is 10.1 Å². The Hall–Kier alpha value is -2.85. The fourth-order valence-corrected chi connectivity index (χ4v) is 5.10. The number of hydrogen-bond donors (Lipinski definition) is 1. The summed E-state index contributed by atoms with van der Waals surface area (Å²) >= 11 is 7.41. The van der Waals surface area contributed by atoms with Gasteiger partial charge in [-0.15, -0.1) is 11.3 Å². The van der Waals surface area contributed by atoms with Crippen LogP contribution in [0.1, 0.15) is 35.4 Å². The lowest BCUT2D eigenvalue weighted by molar-refractivity contribution is -0.128. The summed E-state index contributed by atoms with van der Waals surface area (Å²) in [5, 5.41) is 13.9. The van der Waals surface area contributed by atoms with Crippen molar-refractivity contribution < 1.29 is 9.53 Å². The number of nitrogens with zero attached hydrogens (tertiary/aromatic N) is 2. The van der Waals surface area contributed by atoms with Crippen LogP contribution >= 0.6 is 22.9 Å². The Morgan fingerprint density at radius 2 is 1.94 bits per heavy atom. The highest BCUT2D eigenvalue weighted by Gasteiger charge is 2.32. The molecule has 3 aromatic rings. The second-order valence-corrected chi connectivity index (χ2v) is 9.83. The minimum Gasteiger partial charge on any atom is -0.478 e. The third kappa shape index (κ3) is 4.97. The molecule has 1 aromatic heterocycles. The van der Waals surface area contributed by atoms with Crippen LogP contribution < -0.4 is 10.1 Å². The fourth-order valence-electron chi connectivity index (χ4n) is 3.74. The molecular weight excluding hydrogens is 442 g/mol. The highest BCUT2D eigenvalue weighted by Crippen LogP contribution is 2.37. The van der Waals surface area contributed by atoms with Crippen molar-refractivity contribution in [1.29, 1.82) is 5.26 Å². The summed E-state index contributed by atoms with van der Waals surface area (Å²) in [5.41, 5.74) is 1.76. The Labute approximate surface area is 197 Å². The summed E-state index contributed by atoms with van der Waals surface area (Å²) in [6.07, 6.45) is 0.794. The van der Waals surface area contributed by atoms with Crippen LogP contribution in [0.3, 0.4) is 0 Å². The van der Waals surface area contributed by atoms with Crippen molar-refractivity contribution >= 4 is 33.8 Å². The van der Waals surface area contributed by atoms with Crippen LogP contribution in [0.5, 0.6) is 5.75 Å². The first-order valence-electron chi connectivity index (χ1n) is 10.4. The number of anilines is 1. The van der Waals surface area contributed by atoms with Crippen molar-refractivity contribution in [3.63, 3.8) is 0 Å². The predicted molar refractivity (Wildman–Crippen MR) is 128 cm³/mol. The van der Waals surface area contributed by atoms with Gasteiger partial charge in [-0.25, -0.2) is 0 Å². The van der Waals surface area contributed by atoms with Gasteiger partial charge in [0.25, 0.3) is 5.91 Å². The maximum absolute atomic E-state index is 13.0. The average Bonchev–Trinajstić information content (AvgIpc) is 3.12. The molecule has 0 aliphatic carbocycles. The molecule has 0 spiro atoms. The topological polar surface area (TPSA) is 65.4 Å². The third-order valence-electron chi connectivity index (χ3n) is 5.46. The summed E-state index contributed by atoms with van der Waals surface area (Å²) < 4.78 is 5.89. The first-order chi connectivity index (χ1) is 15.4. The summed E-state index contributed by atoms with van der Waals surface area (Å²) in [4.78, 5) is 16.5. The van der Waals surface area contributed by atoms with E-state index in [-0.39, 0.29) is 5.91 Å². The van der Waals surface area contributed by atoms with Crippen molar-refractivity contribution in [3.8, 4) is 11.8 Å². The van der Waals surface area contributed by atoms with Gasteiger partial charge in [-0.1, -0.05) is 41.9 Å². The number of halogens is 1. The number of carbonyl (C=O) groups is 1. The van der Waals surface area contributed by atoms with Crippen LogP contribution in [-0.2, 0) is 24.3 Å². The molecule has 4 rings (SSSR count). The monoisotopic (exact) mass is 465 g/mol. The summed E-state index contributed by atoms with van der Waals surface area (Å²) in [6, 6.07) is 19.5. The lowest BCUT2D eigenvalue weighted by atomic mass is 10.0. The predicted octanol–water partition coefficient (Wildman–Crippen LogP) is 5.63. The second kappa shape index (κ2) is 9.33. The van der Waals surface area contributed by atoms with Crippen LogP contribution in [0.25, 0.3) is 0 Å². The molecule has 0 saturated carbocycles. The molecule has 0 radical (unpaired) electrons. The molecule has 0 saturated heterocycles. The van der Waals surface area contributed by atoms with Gasteiger partial charge in [-0.2, -0.15) is 5.26 Å². The highest BCUT2D eigenvalue weighted by molar-refractivity contribution is 7.16. The quantitative estimate of drug-likeness (QED) is 0.512. The second-order valence-electron chi connectivity index (χ2n) is 8.29. The van der Waals surface area contributed by atoms with E-state index in [0.29, 0.717) is 21.3 Å². The largest absolute Gasteiger partial charge is 0.478 e. The Bertz CT molecular complexity index is 1150. The van der Waals surface area contributed by atoms with Gasteiger partial charge < -0.3 is 10.1 Å². The van der Waals surface area contributed by atoms with Gasteiger partial charge in [-0.05, 0) is 55.7 Å². The number of nitrogens with one attached hydrogen (secondary N) is 1. The van der Waals surface area contributed by atoms with E-state index in [1.54, 1.807) is 38.1 Å². The molecular formula is C25H24ClN3O2S. The average molecular weight is 466 g/mol. The van der Waals surface area contributed by atoms with Gasteiger partial charge in [0, 0.05) is 29.5 Å². The Kier molecular flexibility index (Phi) is 6.52. The number of benzene rings is 2. The number of carbonyl (C=O) groups excluding carboxylic acids is 1. The van der Waals surface area contributed by atoms with E-state index in [1.807, 2.05) is 18.2 Å². The molecule has 7 heteroatoms. The molecule has 1 aliphatic rings. The number of rotatable bonds is 6. The van der Waals surface area contributed by atoms with Gasteiger partial charge in [-0.3, -0.25) is 9.69 Å². The Balaban J connectivity index is 1.48. The first kappa shape index (κ1) is 22.3. The van der Waals surface area contributed by atoms with E-state index in [0.717, 1.165) is 36.5 Å². The molecule has 5 nitrogen and oxygen atoms in total. The SMILES string of the molecule is CC(C)(Oc1ccc(Cl)cc1)C(=O)Nc1sc2c(c1C#N)CCN(Cc1ccccc1)C2. The molecule has 1 amide bonds. The summed E-state index contributed by atoms with van der Waals surface area (Å²) in [5.74, 6) is 0.251. The number of fused-ring (bicyclic) bond motifs is 1. The van der Waals surface area contributed by atoms with Crippen molar-refractivity contribution in [3.05, 3.63) is 81.2 Å². The molecule has 2 aromatic carbocycles. The molecule has 164 valence electrons. The zero-order valence-corrected chi connectivity index (χ0v) is 19.6. The van der Waals surface area contributed by atoms with Gasteiger partial charge in [0.15, 0.2) is 5.60 Å². The van der Waals surface area contributed by atoms with Crippen LogP contribution in [0.15, 0.2) is 54.6 Å². The number of nitriles is 1. The first-order valence-corrected chi connectivity index (χ1v) is 11.6. The molecule has 1 N–H and O–H groups in total. The number of thiophene rings is 1. The van der Waals surface area contributed by atoms with Crippen molar-refractivity contribution in [1.82, 2.24) is 4.90 Å². The summed E-state index contributed by atoms with van der Waals surface area (Å²) in [6.45, 7) is 5.93. The normalized spacial score (nSPS) is 13.8. The standard InChI is InChI=1S/C25H24ClN3O2S/c1-25(2,31-19-10-8-18(26)9-11-19)24(30)28-23-21(14-27)20-12-13-29(16-22(20)32-23)15-17-6-4-3-5-7-17/h3-11H,12-13,15-16H2,1-2H3,(H,28,30). The zero-order valence-electron chi connectivity index (χ0n) is 18.0. The van der Waals surface area contributed by atoms with Crippen LogP contribution in [0, 0.1) is 11.3 Å². The molecule has 32 heavy (non-hydrogen) atoms. The van der Waals surface area contributed by atoms with Crippen molar-refractivity contribution in [2.45, 2.75) is 39.0 Å². The Morgan fingerprint density at radius 3 is 2.62 bits per heavy atom.